The maximum absolute atomic E-state index is 12.4. The minimum Gasteiger partial charge on any atom is -0.302 e. The Balaban J connectivity index is 2.11. The van der Waals surface area contributed by atoms with E-state index >= 15 is 0 Å². The molecule has 1 unspecified atom stereocenters. The first-order chi connectivity index (χ1) is 10.5. The molecule has 22 heavy (non-hydrogen) atoms. The van der Waals surface area contributed by atoms with Crippen LogP contribution in [0.3, 0.4) is 0 Å². The van der Waals surface area contributed by atoms with Crippen molar-refractivity contribution in [2.24, 2.45) is 22.7 Å². The molecule has 6 heteroatoms. The second kappa shape index (κ2) is 7.13. The number of nitrogens with zero attached hydrogens (tertiary/aromatic N) is 2. The Morgan fingerprint density at radius 1 is 1.41 bits per heavy atom. The smallest absolute Gasteiger partial charge is 0.247 e. The van der Waals surface area contributed by atoms with Crippen LogP contribution in [0.1, 0.15) is 33.1 Å². The monoisotopic (exact) mass is 321 g/mol. The molecule has 1 saturated carbocycles. The third-order valence-electron chi connectivity index (χ3n) is 4.69. The molecule has 0 spiro atoms. The van der Waals surface area contributed by atoms with E-state index in [1.807, 2.05) is 0 Å². The molecule has 1 aliphatic carbocycles. The van der Waals surface area contributed by atoms with E-state index in [1.165, 1.54) is 17.5 Å². The summed E-state index contributed by atoms with van der Waals surface area (Å²) in [6.45, 7) is 8.32. The van der Waals surface area contributed by atoms with Crippen LogP contribution < -0.4 is 5.32 Å². The Hall–Kier alpha value is -1.56. The largest absolute Gasteiger partial charge is 0.302 e. The van der Waals surface area contributed by atoms with Crippen molar-refractivity contribution in [1.29, 1.82) is 0 Å². The molecule has 1 aliphatic heterocycles. The van der Waals surface area contributed by atoms with Crippen molar-refractivity contribution in [3.63, 3.8) is 0 Å². The predicted octanol–water partition coefficient (Wildman–Crippen LogP) is 1.93. The number of carbonyl (C=O) groups is 2. The van der Waals surface area contributed by atoms with E-state index in [2.05, 4.69) is 30.7 Å². The van der Waals surface area contributed by atoms with Crippen molar-refractivity contribution in [3.8, 4) is 0 Å². The van der Waals surface area contributed by atoms with Gasteiger partial charge in [-0.2, -0.15) is 0 Å². The summed E-state index contributed by atoms with van der Waals surface area (Å²) in [6, 6.07) is 0.186. The van der Waals surface area contributed by atoms with E-state index in [0.717, 1.165) is 12.8 Å². The van der Waals surface area contributed by atoms with Gasteiger partial charge in [0.25, 0.3) is 0 Å². The second-order valence-electron chi connectivity index (χ2n) is 6.14. The van der Waals surface area contributed by atoms with Crippen molar-refractivity contribution in [2.45, 2.75) is 39.2 Å². The summed E-state index contributed by atoms with van der Waals surface area (Å²) in [7, 11) is 0. The Kier molecular flexibility index (Phi) is 5.45. The fourth-order valence-corrected chi connectivity index (χ4v) is 3.29. The number of hydrogen-bond donors (Lipinski definition) is 1. The Bertz CT molecular complexity index is 518. The fourth-order valence-electron chi connectivity index (χ4n) is 3.03. The molecule has 2 aliphatic rings. The lowest BCUT2D eigenvalue weighted by Gasteiger charge is -2.33. The van der Waals surface area contributed by atoms with Gasteiger partial charge in [0.1, 0.15) is 0 Å². The molecule has 5 nitrogen and oxygen atoms in total. The van der Waals surface area contributed by atoms with Gasteiger partial charge in [0.05, 0.1) is 6.04 Å². The average molecular weight is 321 g/mol. The van der Waals surface area contributed by atoms with Crippen LogP contribution in [0.15, 0.2) is 17.6 Å². The quantitative estimate of drug-likeness (QED) is 0.372. The van der Waals surface area contributed by atoms with E-state index in [-0.39, 0.29) is 17.1 Å². The third-order valence-corrected chi connectivity index (χ3v) is 5.01. The van der Waals surface area contributed by atoms with Gasteiger partial charge in [0.15, 0.2) is 11.0 Å². The van der Waals surface area contributed by atoms with Crippen LogP contribution in [0.2, 0.25) is 0 Å². The molecular formula is C16H23N3O2S. The average Bonchev–Trinajstić information content (AvgIpc) is 2.47. The molecule has 1 heterocycles. The zero-order valence-electron chi connectivity index (χ0n) is 13.1. The molecule has 0 aromatic rings. The summed E-state index contributed by atoms with van der Waals surface area (Å²) in [5.74, 6) is -0.519. The number of thiocarbonyl (C=S) groups is 1. The van der Waals surface area contributed by atoms with Gasteiger partial charge < -0.3 is 5.32 Å². The molecule has 0 bridgehead atoms. The maximum atomic E-state index is 12.4. The van der Waals surface area contributed by atoms with Crippen LogP contribution in [-0.2, 0) is 9.59 Å². The van der Waals surface area contributed by atoms with E-state index in [9.17, 15) is 9.59 Å². The van der Waals surface area contributed by atoms with Gasteiger partial charge in [0, 0.05) is 12.8 Å². The van der Waals surface area contributed by atoms with E-state index in [0.29, 0.717) is 18.4 Å². The number of rotatable bonds is 4. The summed E-state index contributed by atoms with van der Waals surface area (Å²) in [5, 5.41) is 2.70. The molecule has 2 fully saturated rings. The van der Waals surface area contributed by atoms with Gasteiger partial charge in [-0.1, -0.05) is 32.8 Å². The zero-order valence-corrected chi connectivity index (χ0v) is 13.9. The minimum atomic E-state index is -0.893. The molecule has 4 atom stereocenters. The molecule has 120 valence electrons. The standard InChI is InChI=1S/C16H23N3O2S/c1-4-8-19-15(21)12(14(20)18-16(19)22)9-17-13-7-5-6-10(2)11(13)3/h4,9-13H,1,5-8H2,2-3H3,(H,18,20,22)/t10-,11-,12?,13+/m1/s1. The predicted molar refractivity (Wildman–Crippen MR) is 90.6 cm³/mol. The number of nitrogens with one attached hydrogen (secondary N) is 1. The van der Waals surface area contributed by atoms with Gasteiger partial charge in [-0.25, -0.2) is 0 Å². The molecule has 1 N–H and O–H groups in total. The van der Waals surface area contributed by atoms with Crippen molar-refractivity contribution < 1.29 is 9.59 Å². The van der Waals surface area contributed by atoms with Crippen LogP contribution in [0, 0.1) is 17.8 Å². The van der Waals surface area contributed by atoms with E-state index < -0.39 is 11.8 Å². The molecule has 0 aromatic heterocycles. The highest BCUT2D eigenvalue weighted by Gasteiger charge is 2.37. The highest BCUT2D eigenvalue weighted by molar-refractivity contribution is 7.80. The van der Waals surface area contributed by atoms with E-state index in [1.54, 1.807) is 6.08 Å². The third kappa shape index (κ3) is 3.43. The first kappa shape index (κ1) is 16.8. The summed E-state index contributed by atoms with van der Waals surface area (Å²) in [6.07, 6.45) is 6.47. The molecule has 2 amide bonds. The van der Waals surface area contributed by atoms with Gasteiger partial charge in [-0.15, -0.1) is 6.58 Å². The van der Waals surface area contributed by atoms with Crippen molar-refractivity contribution in [3.05, 3.63) is 12.7 Å². The molecule has 2 rings (SSSR count). The van der Waals surface area contributed by atoms with Crippen LogP contribution in [0.25, 0.3) is 0 Å². The minimum absolute atomic E-state index is 0.138. The summed E-state index contributed by atoms with van der Waals surface area (Å²) < 4.78 is 0. The van der Waals surface area contributed by atoms with Crippen LogP contribution in [0.4, 0.5) is 0 Å². The number of carbonyl (C=O) groups excluding carboxylic acids is 2. The van der Waals surface area contributed by atoms with Gasteiger partial charge in [0.2, 0.25) is 11.8 Å². The summed E-state index contributed by atoms with van der Waals surface area (Å²) >= 11 is 5.02. The Labute approximate surface area is 136 Å². The lowest BCUT2D eigenvalue weighted by Crippen LogP contribution is -2.58. The van der Waals surface area contributed by atoms with Gasteiger partial charge in [-0.05, 0) is 30.5 Å². The van der Waals surface area contributed by atoms with Crippen LogP contribution >= 0.6 is 12.2 Å². The zero-order chi connectivity index (χ0) is 16.3. The molecule has 0 aromatic carbocycles. The number of aliphatic imine (C=N–C) groups is 1. The lowest BCUT2D eigenvalue weighted by molar-refractivity contribution is -0.137. The topological polar surface area (TPSA) is 61.8 Å². The second-order valence-corrected chi connectivity index (χ2v) is 6.53. The molecule has 1 saturated heterocycles. The van der Waals surface area contributed by atoms with Gasteiger partial charge in [-0.3, -0.25) is 19.5 Å². The molecular weight excluding hydrogens is 298 g/mol. The summed E-state index contributed by atoms with van der Waals surface area (Å²) in [4.78, 5) is 30.3. The normalized spacial score (nSPS) is 33.2. The molecule has 0 radical (unpaired) electrons. The van der Waals surface area contributed by atoms with Crippen molar-refractivity contribution in [1.82, 2.24) is 10.2 Å². The van der Waals surface area contributed by atoms with Crippen molar-refractivity contribution >= 4 is 35.4 Å². The fraction of sp³-hybridized carbons (Fsp3) is 0.625. The Morgan fingerprint density at radius 3 is 2.82 bits per heavy atom. The number of hydrogen-bond acceptors (Lipinski definition) is 4. The SMILES string of the molecule is C=CCN1C(=O)C(C=N[C@H]2CCC[C@@H](C)[C@H]2C)C(=O)NC1=S. The highest BCUT2D eigenvalue weighted by atomic mass is 32.1. The van der Waals surface area contributed by atoms with Gasteiger partial charge >= 0.3 is 0 Å². The maximum Gasteiger partial charge on any atom is 0.247 e. The summed E-state index contributed by atoms with van der Waals surface area (Å²) in [5.41, 5.74) is 0. The van der Waals surface area contributed by atoms with E-state index in [4.69, 9.17) is 12.2 Å². The number of amides is 2. The highest BCUT2D eigenvalue weighted by Crippen LogP contribution is 2.31. The lowest BCUT2D eigenvalue weighted by atomic mass is 9.78. The first-order valence-electron chi connectivity index (χ1n) is 7.76. The van der Waals surface area contributed by atoms with Crippen molar-refractivity contribution in [2.75, 3.05) is 6.54 Å². The first-order valence-corrected chi connectivity index (χ1v) is 8.17. The Morgan fingerprint density at radius 2 is 2.14 bits per heavy atom. The van der Waals surface area contributed by atoms with Crippen LogP contribution in [0.5, 0.6) is 0 Å². The van der Waals surface area contributed by atoms with Crippen LogP contribution in [-0.4, -0.2) is 40.6 Å².